The van der Waals surface area contributed by atoms with Gasteiger partial charge in [0.15, 0.2) is 0 Å². The van der Waals surface area contributed by atoms with Crippen molar-refractivity contribution < 1.29 is 10.2 Å². The Hall–Kier alpha value is -1.16. The van der Waals surface area contributed by atoms with E-state index < -0.39 is 5.60 Å². The van der Waals surface area contributed by atoms with Crippen LogP contribution in [0.5, 0.6) is 0 Å². The first-order valence-electron chi connectivity index (χ1n) is 8.11. The van der Waals surface area contributed by atoms with Gasteiger partial charge in [-0.05, 0) is 54.8 Å². The van der Waals surface area contributed by atoms with Crippen LogP contribution in [0.4, 0.5) is 0 Å². The zero-order chi connectivity index (χ0) is 17.6. The molecule has 24 heavy (non-hydrogen) atoms. The molecule has 0 aliphatic heterocycles. The normalized spacial score (nSPS) is 12.9. The predicted molar refractivity (Wildman–Crippen MR) is 102 cm³/mol. The summed E-state index contributed by atoms with van der Waals surface area (Å²) in [7, 11) is 0. The van der Waals surface area contributed by atoms with E-state index in [1.165, 1.54) is 10.4 Å². The molecule has 0 aromatic carbocycles. The van der Waals surface area contributed by atoms with Crippen molar-refractivity contribution >= 4 is 22.7 Å². The number of thiophene rings is 2. The minimum atomic E-state index is -0.973. The maximum Gasteiger partial charge on any atom is 0.120 e. The third-order valence-corrected chi connectivity index (χ3v) is 5.39. The molecule has 1 unspecified atom stereocenters. The average molecular weight is 364 g/mol. The van der Waals surface area contributed by atoms with Crippen molar-refractivity contribution in [2.75, 3.05) is 6.61 Å². The molecule has 2 aromatic rings. The van der Waals surface area contributed by atoms with E-state index in [4.69, 9.17) is 0 Å². The van der Waals surface area contributed by atoms with Crippen molar-refractivity contribution in [3.8, 4) is 11.8 Å². The third kappa shape index (κ3) is 6.04. The monoisotopic (exact) mass is 363 g/mol. The predicted octanol–water partition coefficient (Wildman–Crippen LogP) is 3.71. The van der Waals surface area contributed by atoms with E-state index in [0.717, 1.165) is 24.4 Å². The molecule has 0 spiro atoms. The number of hydrogen-bond acceptors (Lipinski definition) is 5. The molecule has 1 atom stereocenters. The first kappa shape index (κ1) is 19.2. The number of rotatable bonds is 7. The number of nitrogens with zero attached hydrogens (tertiary/aromatic N) is 1. The Balaban J connectivity index is 2.11. The molecule has 2 heterocycles. The van der Waals surface area contributed by atoms with Crippen molar-refractivity contribution in [3.05, 3.63) is 44.3 Å². The van der Waals surface area contributed by atoms with Gasteiger partial charge in [-0.1, -0.05) is 18.8 Å². The van der Waals surface area contributed by atoms with Crippen molar-refractivity contribution in [3.63, 3.8) is 0 Å². The molecule has 5 heteroatoms. The van der Waals surface area contributed by atoms with Crippen molar-refractivity contribution in [2.45, 2.75) is 51.9 Å². The van der Waals surface area contributed by atoms with Crippen LogP contribution in [-0.4, -0.2) is 33.4 Å². The summed E-state index contributed by atoms with van der Waals surface area (Å²) >= 11 is 3.35. The molecule has 130 valence electrons. The van der Waals surface area contributed by atoms with Gasteiger partial charge >= 0.3 is 0 Å². The fraction of sp³-hybridized carbons (Fsp3) is 0.474. The molecule has 2 aromatic heterocycles. The fourth-order valence-electron chi connectivity index (χ4n) is 2.38. The highest BCUT2D eigenvalue weighted by molar-refractivity contribution is 7.12. The quantitative estimate of drug-likeness (QED) is 0.737. The van der Waals surface area contributed by atoms with Crippen LogP contribution in [0.2, 0.25) is 0 Å². The minimum Gasteiger partial charge on any atom is -0.395 e. The Morgan fingerprint density at radius 2 is 2.04 bits per heavy atom. The van der Waals surface area contributed by atoms with Gasteiger partial charge in [0, 0.05) is 24.0 Å². The molecule has 0 saturated carbocycles. The highest BCUT2D eigenvalue weighted by Crippen LogP contribution is 2.22. The van der Waals surface area contributed by atoms with E-state index in [1.54, 1.807) is 36.5 Å². The Morgan fingerprint density at radius 1 is 1.25 bits per heavy atom. The smallest absolute Gasteiger partial charge is 0.120 e. The zero-order valence-corrected chi connectivity index (χ0v) is 16.1. The summed E-state index contributed by atoms with van der Waals surface area (Å²) in [5.74, 6) is 5.88. The lowest BCUT2D eigenvalue weighted by molar-refractivity contribution is 0.108. The van der Waals surface area contributed by atoms with E-state index in [0.29, 0.717) is 0 Å². The topological polar surface area (TPSA) is 43.7 Å². The second-order valence-electron chi connectivity index (χ2n) is 6.36. The Labute approximate surface area is 152 Å². The van der Waals surface area contributed by atoms with Gasteiger partial charge in [-0.25, -0.2) is 0 Å². The molecule has 0 aliphatic carbocycles. The standard InChI is InChI=1S/C19H25NO2S2/c1-4-16(13-21)20(11-15-8-10-23-14-15)12-18-6-5-17(24-18)7-9-19(2,3)22/h5-6,8,10,14,16,21-22H,4,11-13H2,1-3H3. The van der Waals surface area contributed by atoms with Crippen LogP contribution in [0.1, 0.15) is 42.5 Å². The molecule has 0 bridgehead atoms. The lowest BCUT2D eigenvalue weighted by Gasteiger charge is -2.29. The van der Waals surface area contributed by atoms with Crippen LogP contribution in [0, 0.1) is 11.8 Å². The van der Waals surface area contributed by atoms with Crippen molar-refractivity contribution in [1.82, 2.24) is 4.90 Å². The van der Waals surface area contributed by atoms with Crippen LogP contribution in [0.15, 0.2) is 29.0 Å². The lowest BCUT2D eigenvalue weighted by Crippen LogP contribution is -2.36. The summed E-state index contributed by atoms with van der Waals surface area (Å²) in [6.07, 6.45) is 0.914. The van der Waals surface area contributed by atoms with Crippen molar-refractivity contribution in [1.29, 1.82) is 0 Å². The van der Waals surface area contributed by atoms with Crippen molar-refractivity contribution in [2.24, 2.45) is 0 Å². The van der Waals surface area contributed by atoms with E-state index >= 15 is 0 Å². The SMILES string of the molecule is CCC(CO)N(Cc1ccsc1)Cc1ccc(C#CC(C)(C)O)s1. The Kier molecular flexibility index (Phi) is 7.02. The van der Waals surface area contributed by atoms with Crippen LogP contribution in [0.25, 0.3) is 0 Å². The highest BCUT2D eigenvalue weighted by Gasteiger charge is 2.18. The van der Waals surface area contributed by atoms with Gasteiger partial charge in [0.05, 0.1) is 11.5 Å². The maximum atomic E-state index is 9.71. The summed E-state index contributed by atoms with van der Waals surface area (Å²) < 4.78 is 0. The molecule has 2 rings (SSSR count). The number of aliphatic hydroxyl groups excluding tert-OH is 1. The molecule has 0 fully saturated rings. The van der Waals surface area contributed by atoms with Gasteiger partial charge in [-0.3, -0.25) is 4.90 Å². The molecule has 0 saturated heterocycles. The average Bonchev–Trinajstić information content (AvgIpc) is 3.17. The van der Waals surface area contributed by atoms with E-state index in [1.807, 2.05) is 6.07 Å². The fourth-order valence-corrected chi connectivity index (χ4v) is 3.93. The molecule has 0 aliphatic rings. The summed E-state index contributed by atoms with van der Waals surface area (Å²) in [5.41, 5.74) is 0.310. The summed E-state index contributed by atoms with van der Waals surface area (Å²) in [6, 6.07) is 6.37. The molecular formula is C19H25NO2S2. The van der Waals surface area contributed by atoms with E-state index in [9.17, 15) is 10.2 Å². The lowest BCUT2D eigenvalue weighted by atomic mass is 10.1. The second-order valence-corrected chi connectivity index (χ2v) is 8.30. The van der Waals surface area contributed by atoms with E-state index in [-0.39, 0.29) is 12.6 Å². The van der Waals surface area contributed by atoms with Crippen LogP contribution < -0.4 is 0 Å². The number of aliphatic hydroxyl groups is 2. The summed E-state index contributed by atoms with van der Waals surface area (Å²) in [6.45, 7) is 7.27. The van der Waals surface area contributed by atoms with Crippen LogP contribution >= 0.6 is 22.7 Å². The zero-order valence-electron chi connectivity index (χ0n) is 14.5. The third-order valence-electron chi connectivity index (χ3n) is 3.68. The van der Waals surface area contributed by atoms with E-state index in [2.05, 4.69) is 46.6 Å². The Morgan fingerprint density at radius 3 is 2.62 bits per heavy atom. The van der Waals surface area contributed by atoms with Gasteiger partial charge in [0.1, 0.15) is 5.60 Å². The molecule has 0 radical (unpaired) electrons. The highest BCUT2D eigenvalue weighted by atomic mass is 32.1. The van der Waals surface area contributed by atoms with Crippen LogP contribution in [0.3, 0.4) is 0 Å². The van der Waals surface area contributed by atoms with Gasteiger partial charge < -0.3 is 10.2 Å². The minimum absolute atomic E-state index is 0.151. The first-order valence-corrected chi connectivity index (χ1v) is 9.87. The van der Waals surface area contributed by atoms with Gasteiger partial charge in [-0.15, -0.1) is 11.3 Å². The van der Waals surface area contributed by atoms with Gasteiger partial charge in [0.2, 0.25) is 0 Å². The maximum absolute atomic E-state index is 9.71. The molecule has 3 nitrogen and oxygen atoms in total. The van der Waals surface area contributed by atoms with Gasteiger partial charge in [-0.2, -0.15) is 11.3 Å². The van der Waals surface area contributed by atoms with Gasteiger partial charge in [0.25, 0.3) is 0 Å². The number of hydrogen-bond donors (Lipinski definition) is 2. The Bertz CT molecular complexity index is 670. The molecule has 2 N–H and O–H groups in total. The first-order chi connectivity index (χ1) is 11.4. The van der Waals surface area contributed by atoms with Crippen LogP contribution in [-0.2, 0) is 13.1 Å². The molecule has 0 amide bonds. The molecular weight excluding hydrogens is 338 g/mol. The summed E-state index contributed by atoms with van der Waals surface area (Å²) in [5, 5.41) is 23.6. The second kappa shape index (κ2) is 8.80. The summed E-state index contributed by atoms with van der Waals surface area (Å²) in [4.78, 5) is 4.50. The largest absolute Gasteiger partial charge is 0.395 e.